The summed E-state index contributed by atoms with van der Waals surface area (Å²) in [6, 6.07) is 8.08. The van der Waals surface area contributed by atoms with E-state index in [1.54, 1.807) is 24.1 Å². The highest BCUT2D eigenvalue weighted by molar-refractivity contribution is 7.98. The first-order chi connectivity index (χ1) is 10.1. The largest absolute Gasteiger partial charge is 0.468 e. The van der Waals surface area contributed by atoms with Crippen molar-refractivity contribution < 1.29 is 13.6 Å². The monoisotopic (exact) mass is 327 g/mol. The third kappa shape index (κ3) is 5.44. The number of benzene rings is 1. The van der Waals surface area contributed by atoms with Crippen LogP contribution in [0.15, 0.2) is 41.0 Å². The second-order valence-electron chi connectivity index (χ2n) is 4.39. The molecule has 2 aromatic rings. The zero-order chi connectivity index (χ0) is 15.1. The SMILES string of the molecule is O=C(Cc1ccc(Cl)cc1F)NCCSCc1ccco1. The van der Waals surface area contributed by atoms with Gasteiger partial charge in [-0.2, -0.15) is 11.8 Å². The topological polar surface area (TPSA) is 42.2 Å². The molecule has 0 bridgehead atoms. The smallest absolute Gasteiger partial charge is 0.224 e. The van der Waals surface area contributed by atoms with Gasteiger partial charge in [-0.15, -0.1) is 0 Å². The third-order valence-electron chi connectivity index (χ3n) is 2.76. The van der Waals surface area contributed by atoms with Crippen molar-refractivity contribution in [2.75, 3.05) is 12.3 Å². The van der Waals surface area contributed by atoms with Crippen molar-refractivity contribution in [1.29, 1.82) is 0 Å². The van der Waals surface area contributed by atoms with Gasteiger partial charge in [-0.1, -0.05) is 17.7 Å². The summed E-state index contributed by atoms with van der Waals surface area (Å²) in [7, 11) is 0. The fourth-order valence-electron chi connectivity index (χ4n) is 1.73. The number of halogens is 2. The molecule has 1 aromatic heterocycles. The van der Waals surface area contributed by atoms with Crippen molar-refractivity contribution in [3.63, 3.8) is 0 Å². The second-order valence-corrected chi connectivity index (χ2v) is 5.94. The molecule has 112 valence electrons. The quantitative estimate of drug-likeness (QED) is 0.789. The van der Waals surface area contributed by atoms with Gasteiger partial charge in [0.1, 0.15) is 11.6 Å². The summed E-state index contributed by atoms with van der Waals surface area (Å²) in [5, 5.41) is 3.09. The molecule has 0 radical (unpaired) electrons. The molecular formula is C15H15ClFNO2S. The number of nitrogens with one attached hydrogen (secondary N) is 1. The van der Waals surface area contributed by atoms with Gasteiger partial charge in [0.15, 0.2) is 0 Å². The summed E-state index contributed by atoms with van der Waals surface area (Å²) in [6.45, 7) is 0.541. The molecule has 0 spiro atoms. The summed E-state index contributed by atoms with van der Waals surface area (Å²) in [6.07, 6.45) is 1.66. The summed E-state index contributed by atoms with van der Waals surface area (Å²) in [5.41, 5.74) is 0.347. The molecule has 1 aromatic carbocycles. The number of rotatable bonds is 7. The average molecular weight is 328 g/mol. The van der Waals surface area contributed by atoms with Crippen LogP contribution in [0.2, 0.25) is 5.02 Å². The van der Waals surface area contributed by atoms with E-state index in [4.69, 9.17) is 16.0 Å². The van der Waals surface area contributed by atoms with Gasteiger partial charge in [-0.05, 0) is 29.8 Å². The standard InChI is InChI=1S/C15H15ClFNO2S/c16-12-4-3-11(14(17)9-12)8-15(19)18-5-7-21-10-13-2-1-6-20-13/h1-4,6,9H,5,7-8,10H2,(H,18,19). The van der Waals surface area contributed by atoms with E-state index in [0.29, 0.717) is 17.1 Å². The predicted molar refractivity (Wildman–Crippen MR) is 83.0 cm³/mol. The van der Waals surface area contributed by atoms with E-state index in [0.717, 1.165) is 17.3 Å². The van der Waals surface area contributed by atoms with Crippen LogP contribution in [0.1, 0.15) is 11.3 Å². The van der Waals surface area contributed by atoms with E-state index in [-0.39, 0.29) is 12.3 Å². The van der Waals surface area contributed by atoms with Gasteiger partial charge in [-0.25, -0.2) is 4.39 Å². The maximum atomic E-state index is 13.5. The minimum atomic E-state index is -0.454. The van der Waals surface area contributed by atoms with Crippen LogP contribution < -0.4 is 5.32 Å². The molecule has 21 heavy (non-hydrogen) atoms. The predicted octanol–water partition coefficient (Wildman–Crippen LogP) is 3.66. The first-order valence-electron chi connectivity index (χ1n) is 6.46. The molecule has 0 atom stereocenters. The van der Waals surface area contributed by atoms with Crippen LogP contribution in [0, 0.1) is 5.82 Å². The van der Waals surface area contributed by atoms with Crippen molar-refractivity contribution in [3.8, 4) is 0 Å². The molecule has 1 heterocycles. The molecule has 0 fully saturated rings. The fraction of sp³-hybridized carbons (Fsp3) is 0.267. The van der Waals surface area contributed by atoms with Crippen LogP contribution in [0.5, 0.6) is 0 Å². The van der Waals surface area contributed by atoms with E-state index in [1.807, 2.05) is 12.1 Å². The minimum absolute atomic E-state index is 0.0197. The first kappa shape index (κ1) is 15.9. The number of hydrogen-bond donors (Lipinski definition) is 1. The van der Waals surface area contributed by atoms with E-state index < -0.39 is 5.82 Å². The Labute approximate surface area is 131 Å². The highest BCUT2D eigenvalue weighted by Gasteiger charge is 2.08. The molecule has 6 heteroatoms. The van der Waals surface area contributed by atoms with Gasteiger partial charge in [0.25, 0.3) is 0 Å². The first-order valence-corrected chi connectivity index (χ1v) is 7.99. The Morgan fingerprint density at radius 2 is 2.24 bits per heavy atom. The molecule has 0 saturated heterocycles. The summed E-state index contributed by atoms with van der Waals surface area (Å²) in [4.78, 5) is 11.7. The van der Waals surface area contributed by atoms with E-state index in [2.05, 4.69) is 5.32 Å². The van der Waals surface area contributed by atoms with Crippen molar-refractivity contribution in [2.24, 2.45) is 0 Å². The van der Waals surface area contributed by atoms with E-state index in [1.165, 1.54) is 12.1 Å². The van der Waals surface area contributed by atoms with Gasteiger partial charge in [0.2, 0.25) is 5.91 Å². The number of furan rings is 1. The molecule has 0 aliphatic rings. The van der Waals surface area contributed by atoms with Crippen LogP contribution >= 0.6 is 23.4 Å². The summed E-state index contributed by atoms with van der Waals surface area (Å²) < 4.78 is 18.7. The zero-order valence-corrected chi connectivity index (χ0v) is 12.8. The molecular weight excluding hydrogens is 313 g/mol. The second kappa shape index (κ2) is 8.10. The Morgan fingerprint density at radius 1 is 1.38 bits per heavy atom. The van der Waals surface area contributed by atoms with Crippen molar-refractivity contribution in [3.05, 3.63) is 58.8 Å². The number of hydrogen-bond acceptors (Lipinski definition) is 3. The Kier molecular flexibility index (Phi) is 6.14. The third-order valence-corrected chi connectivity index (χ3v) is 3.98. The molecule has 2 rings (SSSR count). The lowest BCUT2D eigenvalue weighted by Gasteiger charge is -2.06. The van der Waals surface area contributed by atoms with E-state index >= 15 is 0 Å². The maximum Gasteiger partial charge on any atom is 0.224 e. The normalized spacial score (nSPS) is 10.6. The van der Waals surface area contributed by atoms with Gasteiger partial charge in [-0.3, -0.25) is 4.79 Å². The lowest BCUT2D eigenvalue weighted by molar-refractivity contribution is -0.120. The average Bonchev–Trinajstić information content (AvgIpc) is 2.95. The number of carbonyl (C=O) groups excluding carboxylic acids is 1. The van der Waals surface area contributed by atoms with Gasteiger partial charge >= 0.3 is 0 Å². The van der Waals surface area contributed by atoms with Gasteiger partial charge in [0, 0.05) is 17.3 Å². The molecule has 0 aliphatic carbocycles. The highest BCUT2D eigenvalue weighted by atomic mass is 35.5. The van der Waals surface area contributed by atoms with Gasteiger partial charge in [0.05, 0.1) is 18.4 Å². The summed E-state index contributed by atoms with van der Waals surface area (Å²) in [5.74, 6) is 1.80. The number of carbonyl (C=O) groups is 1. The molecule has 3 nitrogen and oxygen atoms in total. The van der Waals surface area contributed by atoms with Crippen LogP contribution in [0.4, 0.5) is 4.39 Å². The van der Waals surface area contributed by atoms with Crippen LogP contribution in [0.25, 0.3) is 0 Å². The number of amides is 1. The van der Waals surface area contributed by atoms with Crippen LogP contribution in [0.3, 0.4) is 0 Å². The lowest BCUT2D eigenvalue weighted by Crippen LogP contribution is -2.27. The highest BCUT2D eigenvalue weighted by Crippen LogP contribution is 2.15. The Bertz CT molecular complexity index is 589. The van der Waals surface area contributed by atoms with Crippen molar-refractivity contribution in [1.82, 2.24) is 5.32 Å². The Morgan fingerprint density at radius 3 is 2.95 bits per heavy atom. The summed E-state index contributed by atoms with van der Waals surface area (Å²) >= 11 is 7.33. The van der Waals surface area contributed by atoms with E-state index in [9.17, 15) is 9.18 Å². The lowest BCUT2D eigenvalue weighted by atomic mass is 10.1. The molecule has 0 unspecified atom stereocenters. The zero-order valence-electron chi connectivity index (χ0n) is 11.3. The number of thioether (sulfide) groups is 1. The van der Waals surface area contributed by atoms with Gasteiger partial charge < -0.3 is 9.73 Å². The molecule has 1 amide bonds. The van der Waals surface area contributed by atoms with Crippen LogP contribution in [-0.2, 0) is 17.0 Å². The van der Waals surface area contributed by atoms with Crippen LogP contribution in [-0.4, -0.2) is 18.2 Å². The minimum Gasteiger partial charge on any atom is -0.468 e. The fourth-order valence-corrected chi connectivity index (χ4v) is 2.65. The molecule has 1 N–H and O–H groups in total. The van der Waals surface area contributed by atoms with Crippen molar-refractivity contribution in [2.45, 2.75) is 12.2 Å². The molecule has 0 aliphatic heterocycles. The maximum absolute atomic E-state index is 13.5. The molecule has 0 saturated carbocycles. The Hall–Kier alpha value is -1.46. The van der Waals surface area contributed by atoms with Crippen molar-refractivity contribution >= 4 is 29.3 Å². The Balaban J connectivity index is 1.65.